The van der Waals surface area contributed by atoms with Gasteiger partial charge in [0.2, 0.25) is 0 Å². The van der Waals surface area contributed by atoms with E-state index in [9.17, 15) is 0 Å². The Morgan fingerprint density at radius 3 is 2.88 bits per heavy atom. The Bertz CT molecular complexity index is 336. The van der Waals surface area contributed by atoms with E-state index in [2.05, 4.69) is 41.8 Å². The number of nitrogens with two attached hydrogens (primary N) is 1. The van der Waals surface area contributed by atoms with E-state index in [1.807, 2.05) is 0 Å². The molecule has 4 nitrogen and oxygen atoms in total. The second-order valence-corrected chi connectivity index (χ2v) is 5.37. The molecule has 0 bridgehead atoms. The van der Waals surface area contributed by atoms with Crippen molar-refractivity contribution in [2.45, 2.75) is 32.7 Å². The first-order chi connectivity index (χ1) is 8.15. The molecule has 0 aliphatic heterocycles. The molecule has 1 atom stereocenters. The topological polar surface area (TPSA) is 70.6 Å². The van der Waals surface area contributed by atoms with Crippen LogP contribution in [-0.2, 0) is 0 Å². The van der Waals surface area contributed by atoms with Gasteiger partial charge in [-0.3, -0.25) is 0 Å². The fourth-order valence-corrected chi connectivity index (χ4v) is 2.68. The van der Waals surface area contributed by atoms with Gasteiger partial charge >= 0.3 is 0 Å². The molecule has 0 aromatic carbocycles. The highest BCUT2D eigenvalue weighted by Gasteiger charge is 2.15. The van der Waals surface area contributed by atoms with Crippen LogP contribution in [0.15, 0.2) is 22.7 Å². The fraction of sp³-hybridized carbons (Fsp3) is 0.583. The van der Waals surface area contributed by atoms with Crippen LogP contribution < -0.4 is 11.1 Å². The fourth-order valence-electron chi connectivity index (χ4n) is 1.71. The van der Waals surface area contributed by atoms with Gasteiger partial charge in [0.05, 0.1) is 0 Å². The second-order valence-electron chi connectivity index (χ2n) is 4.39. The summed E-state index contributed by atoms with van der Waals surface area (Å²) in [6, 6.07) is 4.63. The van der Waals surface area contributed by atoms with Crippen molar-refractivity contribution in [2.24, 2.45) is 16.8 Å². The SMILES string of the molecule is CC(C)C(NCCCC(N)=NO)c1cccs1. The summed E-state index contributed by atoms with van der Waals surface area (Å²) in [5.41, 5.74) is 5.42. The van der Waals surface area contributed by atoms with Crippen LogP contribution in [0.5, 0.6) is 0 Å². The number of amidine groups is 1. The number of oxime groups is 1. The predicted octanol–water partition coefficient (Wildman–Crippen LogP) is 2.56. The maximum atomic E-state index is 8.43. The quantitative estimate of drug-likeness (QED) is 0.230. The molecule has 1 aromatic heterocycles. The van der Waals surface area contributed by atoms with Gasteiger partial charge in [0, 0.05) is 17.3 Å². The zero-order valence-corrected chi connectivity index (χ0v) is 11.2. The highest BCUT2D eigenvalue weighted by molar-refractivity contribution is 7.10. The minimum atomic E-state index is 0.295. The molecular weight excluding hydrogens is 234 g/mol. The Morgan fingerprint density at radius 1 is 1.59 bits per heavy atom. The van der Waals surface area contributed by atoms with Crippen LogP contribution in [-0.4, -0.2) is 17.6 Å². The average molecular weight is 255 g/mol. The van der Waals surface area contributed by atoms with Crippen molar-refractivity contribution < 1.29 is 5.21 Å². The number of rotatable bonds is 7. The van der Waals surface area contributed by atoms with E-state index in [1.54, 1.807) is 11.3 Å². The van der Waals surface area contributed by atoms with Gasteiger partial charge in [-0.1, -0.05) is 25.1 Å². The molecule has 17 heavy (non-hydrogen) atoms. The number of hydrogen-bond donors (Lipinski definition) is 3. The van der Waals surface area contributed by atoms with Crippen molar-refractivity contribution in [1.29, 1.82) is 0 Å². The maximum absolute atomic E-state index is 8.43. The van der Waals surface area contributed by atoms with E-state index < -0.39 is 0 Å². The summed E-state index contributed by atoms with van der Waals surface area (Å²) in [5, 5.41) is 17.0. The normalized spacial score (nSPS) is 14.2. The van der Waals surface area contributed by atoms with Crippen LogP contribution in [0.4, 0.5) is 0 Å². The van der Waals surface area contributed by atoms with E-state index in [0.717, 1.165) is 13.0 Å². The van der Waals surface area contributed by atoms with E-state index in [-0.39, 0.29) is 0 Å². The molecule has 5 heteroatoms. The van der Waals surface area contributed by atoms with Gasteiger partial charge in [0.15, 0.2) is 0 Å². The Kier molecular flexibility index (Phi) is 6.00. The molecule has 0 fully saturated rings. The first-order valence-corrected chi connectivity index (χ1v) is 6.76. The third-order valence-corrected chi connectivity index (χ3v) is 3.57. The van der Waals surface area contributed by atoms with Crippen LogP contribution in [0.3, 0.4) is 0 Å². The Balaban J connectivity index is 2.36. The van der Waals surface area contributed by atoms with Gasteiger partial charge in [-0.05, 0) is 30.3 Å². The highest BCUT2D eigenvalue weighted by Crippen LogP contribution is 2.25. The smallest absolute Gasteiger partial charge is 0.139 e. The summed E-state index contributed by atoms with van der Waals surface area (Å²) in [5.74, 6) is 0.849. The summed E-state index contributed by atoms with van der Waals surface area (Å²) in [6.07, 6.45) is 1.50. The Labute approximate surface area is 107 Å². The summed E-state index contributed by atoms with van der Waals surface area (Å²) in [4.78, 5) is 1.36. The lowest BCUT2D eigenvalue weighted by Crippen LogP contribution is -2.26. The average Bonchev–Trinajstić information content (AvgIpc) is 2.81. The van der Waals surface area contributed by atoms with Crippen molar-refractivity contribution in [2.75, 3.05) is 6.54 Å². The molecule has 0 saturated heterocycles. The third-order valence-electron chi connectivity index (χ3n) is 2.62. The number of nitrogens with one attached hydrogen (secondary N) is 1. The Hall–Kier alpha value is -1.07. The van der Waals surface area contributed by atoms with E-state index in [1.165, 1.54) is 4.88 Å². The molecule has 96 valence electrons. The van der Waals surface area contributed by atoms with Crippen LogP contribution in [0.1, 0.15) is 37.6 Å². The lowest BCUT2D eigenvalue weighted by atomic mass is 10.0. The van der Waals surface area contributed by atoms with Crippen molar-refractivity contribution >= 4 is 17.2 Å². The van der Waals surface area contributed by atoms with Crippen molar-refractivity contribution in [3.63, 3.8) is 0 Å². The molecule has 1 aromatic rings. The van der Waals surface area contributed by atoms with Gasteiger partial charge < -0.3 is 16.3 Å². The van der Waals surface area contributed by atoms with Gasteiger partial charge in [0.25, 0.3) is 0 Å². The molecular formula is C12H21N3OS. The molecule has 0 spiro atoms. The maximum Gasteiger partial charge on any atom is 0.139 e. The van der Waals surface area contributed by atoms with Crippen molar-refractivity contribution in [3.8, 4) is 0 Å². The highest BCUT2D eigenvalue weighted by atomic mass is 32.1. The van der Waals surface area contributed by atoms with E-state index in [4.69, 9.17) is 10.9 Å². The zero-order valence-electron chi connectivity index (χ0n) is 10.4. The molecule has 0 aliphatic rings. The molecule has 1 unspecified atom stereocenters. The summed E-state index contributed by atoms with van der Waals surface area (Å²) >= 11 is 1.78. The van der Waals surface area contributed by atoms with Gasteiger partial charge in [-0.2, -0.15) is 0 Å². The van der Waals surface area contributed by atoms with Crippen LogP contribution >= 0.6 is 11.3 Å². The summed E-state index contributed by atoms with van der Waals surface area (Å²) in [6.45, 7) is 5.29. The predicted molar refractivity (Wildman–Crippen MR) is 72.5 cm³/mol. The molecule has 4 N–H and O–H groups in total. The van der Waals surface area contributed by atoms with E-state index in [0.29, 0.717) is 24.2 Å². The summed E-state index contributed by atoms with van der Waals surface area (Å²) < 4.78 is 0. The monoisotopic (exact) mass is 255 g/mol. The molecule has 1 rings (SSSR count). The first kappa shape index (κ1) is 14.0. The third kappa shape index (κ3) is 4.75. The van der Waals surface area contributed by atoms with Crippen LogP contribution in [0, 0.1) is 5.92 Å². The molecule has 0 saturated carbocycles. The number of hydrogen-bond acceptors (Lipinski definition) is 4. The Morgan fingerprint density at radius 2 is 2.35 bits per heavy atom. The van der Waals surface area contributed by atoms with Crippen LogP contribution in [0.2, 0.25) is 0 Å². The van der Waals surface area contributed by atoms with Crippen LogP contribution in [0.25, 0.3) is 0 Å². The minimum absolute atomic E-state index is 0.295. The molecule has 0 aliphatic carbocycles. The standard InChI is InChI=1S/C12H21N3OS/c1-9(2)12(10-5-4-8-17-10)14-7-3-6-11(13)15-16/h4-5,8-9,12,14,16H,3,6-7H2,1-2H3,(H2,13,15). The lowest BCUT2D eigenvalue weighted by molar-refractivity contribution is 0.316. The molecule has 0 radical (unpaired) electrons. The first-order valence-electron chi connectivity index (χ1n) is 5.88. The van der Waals surface area contributed by atoms with Crippen molar-refractivity contribution in [1.82, 2.24) is 5.32 Å². The largest absolute Gasteiger partial charge is 0.409 e. The minimum Gasteiger partial charge on any atom is -0.409 e. The second kappa shape index (κ2) is 7.29. The summed E-state index contributed by atoms with van der Waals surface area (Å²) in [7, 11) is 0. The number of thiophene rings is 1. The van der Waals surface area contributed by atoms with Gasteiger partial charge in [0.1, 0.15) is 5.84 Å². The molecule has 0 amide bonds. The van der Waals surface area contributed by atoms with Gasteiger partial charge in [-0.25, -0.2) is 0 Å². The molecule has 1 heterocycles. The zero-order chi connectivity index (χ0) is 12.7. The van der Waals surface area contributed by atoms with E-state index >= 15 is 0 Å². The van der Waals surface area contributed by atoms with Crippen molar-refractivity contribution in [3.05, 3.63) is 22.4 Å². The van der Waals surface area contributed by atoms with Gasteiger partial charge in [-0.15, -0.1) is 11.3 Å². The number of nitrogens with zero attached hydrogens (tertiary/aromatic N) is 1. The lowest BCUT2D eigenvalue weighted by Gasteiger charge is -2.21.